The molecule has 0 aliphatic carbocycles. The minimum atomic E-state index is 0.969. The average Bonchev–Trinajstić information content (AvgIpc) is 1.69. The van der Waals surface area contributed by atoms with Crippen molar-refractivity contribution in [1.82, 2.24) is 0 Å². The Balaban J connectivity index is 2.56. The van der Waals surface area contributed by atoms with Gasteiger partial charge in [0.05, 0.1) is 0 Å². The van der Waals surface area contributed by atoms with Gasteiger partial charge in [-0.1, -0.05) is 0 Å². The van der Waals surface area contributed by atoms with E-state index in [2.05, 4.69) is 8.81 Å². The predicted octanol–water partition coefficient (Wildman–Crippen LogP) is 1.11. The van der Waals surface area contributed by atoms with Crippen LogP contribution in [-0.2, 0) is 19.6 Å². The van der Waals surface area contributed by atoms with Crippen LogP contribution in [-0.4, -0.2) is 20.1 Å². The van der Waals surface area contributed by atoms with E-state index in [-0.39, 0.29) is 0 Å². The minimum absolute atomic E-state index is 0.969. The molecule has 0 N–H and O–H groups in total. The Bertz CT molecular complexity index is 47.0. The molecule has 0 unspecified atom stereocenters. The third-order valence-electron chi connectivity index (χ3n) is 0.631. The van der Waals surface area contributed by atoms with Gasteiger partial charge in [0, 0.05) is 0 Å². The fraction of sp³-hybridized carbons (Fsp3) is 1.00. The Morgan fingerprint density at radius 3 is 2.86 bits per heavy atom. The van der Waals surface area contributed by atoms with Gasteiger partial charge in [-0.2, -0.15) is 0 Å². The first-order valence-corrected chi connectivity index (χ1v) is 3.57. The zero-order valence-corrected chi connectivity index (χ0v) is 7.36. The van der Waals surface area contributed by atoms with Gasteiger partial charge in [-0.05, 0) is 0 Å². The summed E-state index contributed by atoms with van der Waals surface area (Å²) in [6, 6.07) is 0. The van der Waals surface area contributed by atoms with Crippen LogP contribution >= 0.6 is 0 Å². The summed E-state index contributed by atoms with van der Waals surface area (Å²) in [5.41, 5.74) is 0. The van der Waals surface area contributed by atoms with Crippen LogP contribution in [0.15, 0.2) is 3.50 Å². The van der Waals surface area contributed by atoms with Gasteiger partial charge in [-0.25, -0.2) is 0 Å². The second-order valence-corrected chi connectivity index (χ2v) is 2.17. The van der Waals surface area contributed by atoms with E-state index < -0.39 is 0 Å². The van der Waals surface area contributed by atoms with Crippen molar-refractivity contribution in [3.63, 3.8) is 0 Å². The Hall–Kier alpha value is 0.448. The first-order valence-electron chi connectivity index (χ1n) is 2.26. The Morgan fingerprint density at radius 2 is 2.43 bits per heavy atom. The van der Waals surface area contributed by atoms with Crippen molar-refractivity contribution in [2.24, 2.45) is 3.50 Å². The number of hydrogen-bond acceptors (Lipinski definition) is 1. The summed E-state index contributed by atoms with van der Waals surface area (Å²) < 4.78 is 4.00. The molecule has 0 amide bonds. The summed E-state index contributed by atoms with van der Waals surface area (Å²) in [5.74, 6) is 0. The monoisotopic (exact) mass is 269 g/mol. The molecule has 0 saturated heterocycles. The summed E-state index contributed by atoms with van der Waals surface area (Å²) in [6.07, 6.45) is 1.12. The van der Waals surface area contributed by atoms with Crippen molar-refractivity contribution in [2.45, 2.75) is 6.42 Å². The van der Waals surface area contributed by atoms with Crippen molar-refractivity contribution in [2.75, 3.05) is 20.1 Å². The van der Waals surface area contributed by atoms with E-state index in [1.54, 1.807) is 0 Å². The predicted molar refractivity (Wildman–Crippen MR) is 26.1 cm³/mol. The fourth-order valence-electron chi connectivity index (χ4n) is 0.293. The molecule has 0 fully saturated rings. The van der Waals surface area contributed by atoms with Crippen molar-refractivity contribution in [3.8, 4) is 0 Å². The zero-order chi connectivity index (χ0) is 5.54. The third-order valence-corrected chi connectivity index (χ3v) is 1.29. The fourth-order valence-corrected chi connectivity index (χ4v) is 0.757. The first kappa shape index (κ1) is 7.45. The van der Waals surface area contributed by atoms with E-state index >= 15 is 0 Å². The van der Waals surface area contributed by atoms with Crippen LogP contribution in [0.25, 0.3) is 5.32 Å². The molecule has 0 aliphatic rings. The summed E-state index contributed by atoms with van der Waals surface area (Å²) in [5, 5.41) is 3.92. The second-order valence-electron chi connectivity index (χ2n) is 1.25. The molecular weight excluding hydrogens is 260 g/mol. The Kier molecular flexibility index (Phi) is 6.86. The second kappa shape index (κ2) is 6.45. The van der Waals surface area contributed by atoms with Crippen molar-refractivity contribution < 1.29 is 19.6 Å². The molecule has 0 aromatic carbocycles. The number of nitrogens with zero attached hydrogens (tertiary/aromatic N) is 2. The van der Waals surface area contributed by atoms with Crippen LogP contribution in [0.2, 0.25) is 0 Å². The maximum absolute atomic E-state index is 4.00. The van der Waals surface area contributed by atoms with E-state index in [4.69, 9.17) is 0 Å². The molecule has 0 atom stereocenters. The normalized spacial score (nSPS) is 8.71. The van der Waals surface area contributed by atoms with Crippen LogP contribution in [0.5, 0.6) is 0 Å². The van der Waals surface area contributed by atoms with Crippen molar-refractivity contribution >= 4 is 0 Å². The van der Waals surface area contributed by atoms with Crippen LogP contribution in [0.3, 0.4) is 0 Å². The Morgan fingerprint density at radius 1 is 1.71 bits per heavy atom. The quantitative estimate of drug-likeness (QED) is 0.683. The summed E-state index contributed by atoms with van der Waals surface area (Å²) in [7, 11) is 1.84. The molecular formula is C4H9N2W-. The molecule has 0 aromatic heterocycles. The SMILES string of the molecule is C[N-]CCC[N]=[W]. The van der Waals surface area contributed by atoms with Gasteiger partial charge in [0.15, 0.2) is 0 Å². The van der Waals surface area contributed by atoms with Gasteiger partial charge in [0.1, 0.15) is 0 Å². The molecule has 42 valence electrons. The van der Waals surface area contributed by atoms with Gasteiger partial charge in [-0.15, -0.1) is 0 Å². The zero-order valence-electron chi connectivity index (χ0n) is 4.42. The molecule has 2 nitrogen and oxygen atoms in total. The van der Waals surface area contributed by atoms with E-state index in [1.165, 1.54) is 19.6 Å². The molecule has 7 heavy (non-hydrogen) atoms. The first-order chi connectivity index (χ1) is 3.41. The van der Waals surface area contributed by atoms with Crippen LogP contribution in [0, 0.1) is 0 Å². The van der Waals surface area contributed by atoms with E-state index in [9.17, 15) is 0 Å². The number of hydrogen-bond donors (Lipinski definition) is 0. The van der Waals surface area contributed by atoms with E-state index in [0.717, 1.165) is 19.5 Å². The molecule has 0 radical (unpaired) electrons. The molecule has 0 bridgehead atoms. The maximum atomic E-state index is 4.00. The molecule has 0 saturated carbocycles. The van der Waals surface area contributed by atoms with Crippen molar-refractivity contribution in [3.05, 3.63) is 5.32 Å². The molecule has 0 aromatic rings. The molecule has 3 heteroatoms. The van der Waals surface area contributed by atoms with Gasteiger partial charge in [0.2, 0.25) is 0 Å². The van der Waals surface area contributed by atoms with Gasteiger partial charge in [-0.3, -0.25) is 0 Å². The standard InChI is InChI=1S/C4H9N2.W/c1-6-4-2-3-5;/h2-4H2,1H3;/q-1;. The van der Waals surface area contributed by atoms with Gasteiger partial charge in [0.25, 0.3) is 0 Å². The molecule has 0 aliphatic heterocycles. The summed E-state index contributed by atoms with van der Waals surface area (Å²) in [6.45, 7) is 1.96. The number of rotatable bonds is 4. The van der Waals surface area contributed by atoms with E-state index in [1.807, 2.05) is 7.05 Å². The van der Waals surface area contributed by atoms with Gasteiger partial charge >= 0.3 is 55.0 Å². The van der Waals surface area contributed by atoms with Crippen LogP contribution in [0.1, 0.15) is 6.42 Å². The molecule has 0 spiro atoms. The molecule has 0 rings (SSSR count). The Labute approximate surface area is 55.4 Å². The molecule has 0 heterocycles. The topological polar surface area (TPSA) is 26.5 Å². The van der Waals surface area contributed by atoms with Crippen LogP contribution < -0.4 is 0 Å². The van der Waals surface area contributed by atoms with Gasteiger partial charge < -0.3 is 0 Å². The third kappa shape index (κ3) is 6.45. The van der Waals surface area contributed by atoms with E-state index in [0.29, 0.717) is 0 Å². The summed E-state index contributed by atoms with van der Waals surface area (Å²) in [4.78, 5) is 0. The van der Waals surface area contributed by atoms with Crippen LogP contribution in [0.4, 0.5) is 0 Å². The summed E-state index contributed by atoms with van der Waals surface area (Å²) >= 11 is 1.33. The van der Waals surface area contributed by atoms with Crippen molar-refractivity contribution in [1.29, 1.82) is 0 Å². The average molecular weight is 269 g/mol.